The summed E-state index contributed by atoms with van der Waals surface area (Å²) in [5.41, 5.74) is 0.343. The summed E-state index contributed by atoms with van der Waals surface area (Å²) in [7, 11) is 2.16. The maximum atomic E-state index is 12.0. The summed E-state index contributed by atoms with van der Waals surface area (Å²) in [6.07, 6.45) is 6.82. The van der Waals surface area contributed by atoms with Crippen LogP contribution in [-0.2, 0) is 6.54 Å². The van der Waals surface area contributed by atoms with E-state index in [4.69, 9.17) is 11.6 Å². The van der Waals surface area contributed by atoms with Crippen molar-refractivity contribution in [2.45, 2.75) is 25.8 Å². The SMILES string of the molecule is C=CCn1ncc(NCCC2CCN(C)CC2)c(Cl)c1=O. The van der Waals surface area contributed by atoms with Crippen molar-refractivity contribution in [3.8, 4) is 0 Å². The van der Waals surface area contributed by atoms with E-state index in [9.17, 15) is 4.79 Å². The molecule has 0 saturated carbocycles. The molecule has 1 aliphatic heterocycles. The highest BCUT2D eigenvalue weighted by Gasteiger charge is 2.16. The Morgan fingerprint density at radius 1 is 1.52 bits per heavy atom. The van der Waals surface area contributed by atoms with Gasteiger partial charge in [-0.3, -0.25) is 4.79 Å². The van der Waals surface area contributed by atoms with Gasteiger partial charge >= 0.3 is 0 Å². The summed E-state index contributed by atoms with van der Waals surface area (Å²) in [6, 6.07) is 0. The highest BCUT2D eigenvalue weighted by Crippen LogP contribution is 2.20. The summed E-state index contributed by atoms with van der Waals surface area (Å²) < 4.78 is 1.30. The highest BCUT2D eigenvalue weighted by molar-refractivity contribution is 6.32. The van der Waals surface area contributed by atoms with Crippen molar-refractivity contribution in [3.63, 3.8) is 0 Å². The molecule has 0 radical (unpaired) electrons. The molecule has 1 N–H and O–H groups in total. The van der Waals surface area contributed by atoms with Gasteiger partial charge in [0.1, 0.15) is 5.02 Å². The molecule has 0 spiro atoms. The second-order valence-electron chi connectivity index (χ2n) is 5.61. The molecule has 2 rings (SSSR count). The summed E-state index contributed by atoms with van der Waals surface area (Å²) in [4.78, 5) is 14.3. The predicted octanol–water partition coefficient (Wildman–Crippen LogP) is 2.23. The lowest BCUT2D eigenvalue weighted by molar-refractivity contribution is 0.215. The number of piperidine rings is 1. The minimum Gasteiger partial charge on any atom is -0.382 e. The van der Waals surface area contributed by atoms with E-state index in [0.29, 0.717) is 12.2 Å². The first-order chi connectivity index (χ1) is 10.1. The van der Waals surface area contributed by atoms with E-state index in [-0.39, 0.29) is 10.6 Å². The van der Waals surface area contributed by atoms with Crippen LogP contribution in [0.25, 0.3) is 0 Å². The zero-order chi connectivity index (χ0) is 15.2. The van der Waals surface area contributed by atoms with E-state index >= 15 is 0 Å². The van der Waals surface area contributed by atoms with Crippen molar-refractivity contribution in [2.24, 2.45) is 5.92 Å². The number of nitrogens with one attached hydrogen (secondary N) is 1. The maximum Gasteiger partial charge on any atom is 0.287 e. The topological polar surface area (TPSA) is 50.2 Å². The van der Waals surface area contributed by atoms with Crippen molar-refractivity contribution in [1.82, 2.24) is 14.7 Å². The summed E-state index contributed by atoms with van der Waals surface area (Å²) >= 11 is 6.10. The third-order valence-electron chi connectivity index (χ3n) is 3.99. The van der Waals surface area contributed by atoms with E-state index in [1.165, 1.54) is 30.6 Å². The van der Waals surface area contributed by atoms with Crippen LogP contribution in [-0.4, -0.2) is 41.4 Å². The number of anilines is 1. The van der Waals surface area contributed by atoms with Gasteiger partial charge in [-0.25, -0.2) is 4.68 Å². The number of nitrogens with zero attached hydrogens (tertiary/aromatic N) is 3. The lowest BCUT2D eigenvalue weighted by Gasteiger charge is -2.29. The first kappa shape index (κ1) is 16.0. The molecular weight excluding hydrogens is 288 g/mol. The number of aromatic nitrogens is 2. The second kappa shape index (κ2) is 7.61. The molecule has 2 heterocycles. The van der Waals surface area contributed by atoms with Gasteiger partial charge in [0.15, 0.2) is 0 Å². The summed E-state index contributed by atoms with van der Waals surface area (Å²) in [5.74, 6) is 0.751. The van der Waals surface area contributed by atoms with E-state index < -0.39 is 0 Å². The lowest BCUT2D eigenvalue weighted by atomic mass is 9.94. The Bertz CT molecular complexity index is 535. The van der Waals surface area contributed by atoms with E-state index in [1.54, 1.807) is 12.3 Å². The van der Waals surface area contributed by atoms with Crippen LogP contribution in [0.3, 0.4) is 0 Å². The maximum absolute atomic E-state index is 12.0. The Balaban J connectivity index is 1.87. The lowest BCUT2D eigenvalue weighted by Crippen LogP contribution is -2.31. The molecule has 1 aliphatic rings. The number of hydrogen-bond donors (Lipinski definition) is 1. The molecule has 21 heavy (non-hydrogen) atoms. The quantitative estimate of drug-likeness (QED) is 0.819. The molecule has 116 valence electrons. The second-order valence-corrected chi connectivity index (χ2v) is 5.99. The molecule has 1 aromatic rings. The Morgan fingerprint density at radius 2 is 2.24 bits per heavy atom. The van der Waals surface area contributed by atoms with Gasteiger partial charge in [0.05, 0.1) is 18.4 Å². The number of rotatable bonds is 6. The number of hydrogen-bond acceptors (Lipinski definition) is 4. The highest BCUT2D eigenvalue weighted by atomic mass is 35.5. The van der Waals surface area contributed by atoms with E-state index in [2.05, 4.69) is 28.9 Å². The Kier molecular flexibility index (Phi) is 5.82. The van der Waals surface area contributed by atoms with Crippen molar-refractivity contribution >= 4 is 17.3 Å². The van der Waals surface area contributed by atoms with E-state index in [0.717, 1.165) is 18.9 Å². The molecule has 0 aromatic carbocycles. The Labute approximate surface area is 130 Å². The van der Waals surface area contributed by atoms with Crippen LogP contribution in [0.1, 0.15) is 19.3 Å². The smallest absolute Gasteiger partial charge is 0.287 e. The largest absolute Gasteiger partial charge is 0.382 e. The van der Waals surface area contributed by atoms with Crippen LogP contribution in [0, 0.1) is 5.92 Å². The minimum atomic E-state index is -0.277. The average Bonchev–Trinajstić information content (AvgIpc) is 2.48. The Hall–Kier alpha value is -1.33. The molecule has 6 heteroatoms. The number of likely N-dealkylation sites (tertiary alicyclic amines) is 1. The van der Waals surface area contributed by atoms with Gasteiger partial charge in [-0.1, -0.05) is 17.7 Å². The molecular formula is C15H23ClN4O. The molecule has 0 amide bonds. The Morgan fingerprint density at radius 3 is 2.90 bits per heavy atom. The van der Waals surface area contributed by atoms with Gasteiger partial charge in [0.2, 0.25) is 0 Å². The van der Waals surface area contributed by atoms with Crippen molar-refractivity contribution in [1.29, 1.82) is 0 Å². The fourth-order valence-electron chi connectivity index (χ4n) is 2.60. The summed E-state index contributed by atoms with van der Waals surface area (Å²) in [5, 5.41) is 7.52. The van der Waals surface area contributed by atoms with Crippen molar-refractivity contribution in [3.05, 3.63) is 34.2 Å². The fourth-order valence-corrected chi connectivity index (χ4v) is 2.82. The molecule has 0 atom stereocenters. The first-order valence-corrected chi connectivity index (χ1v) is 7.78. The third kappa shape index (κ3) is 4.32. The molecule has 5 nitrogen and oxygen atoms in total. The van der Waals surface area contributed by atoms with Gasteiger partial charge in [-0.05, 0) is 45.3 Å². The molecule has 0 aliphatic carbocycles. The molecule has 1 saturated heterocycles. The standard InChI is InChI=1S/C15H23ClN4O/c1-3-8-20-15(21)14(16)13(11-18-20)17-7-4-12-5-9-19(2)10-6-12/h3,11-12,17H,1,4-10H2,2H3. The zero-order valence-electron chi connectivity index (χ0n) is 12.5. The zero-order valence-corrected chi connectivity index (χ0v) is 13.3. The predicted molar refractivity (Wildman–Crippen MR) is 87.0 cm³/mol. The monoisotopic (exact) mass is 310 g/mol. The molecule has 1 aromatic heterocycles. The van der Waals surface area contributed by atoms with Gasteiger partial charge in [-0.15, -0.1) is 6.58 Å². The van der Waals surface area contributed by atoms with Gasteiger partial charge < -0.3 is 10.2 Å². The van der Waals surface area contributed by atoms with Crippen LogP contribution in [0.5, 0.6) is 0 Å². The minimum absolute atomic E-state index is 0.204. The van der Waals surface area contributed by atoms with Crippen LogP contribution in [0.2, 0.25) is 5.02 Å². The van der Waals surface area contributed by atoms with Gasteiger partial charge in [0, 0.05) is 6.54 Å². The average molecular weight is 311 g/mol. The van der Waals surface area contributed by atoms with Crippen LogP contribution in [0.15, 0.2) is 23.6 Å². The van der Waals surface area contributed by atoms with Crippen molar-refractivity contribution in [2.75, 3.05) is 32.0 Å². The molecule has 1 fully saturated rings. The summed E-state index contributed by atoms with van der Waals surface area (Å²) in [6.45, 7) is 7.13. The van der Waals surface area contributed by atoms with Crippen LogP contribution >= 0.6 is 11.6 Å². The number of halogens is 1. The van der Waals surface area contributed by atoms with Gasteiger partial charge in [-0.2, -0.15) is 5.10 Å². The molecule has 0 unspecified atom stereocenters. The first-order valence-electron chi connectivity index (χ1n) is 7.40. The third-order valence-corrected chi connectivity index (χ3v) is 4.36. The molecule has 0 bridgehead atoms. The number of allylic oxidation sites excluding steroid dienone is 1. The fraction of sp³-hybridized carbons (Fsp3) is 0.600. The normalized spacial score (nSPS) is 16.9. The van der Waals surface area contributed by atoms with Crippen molar-refractivity contribution < 1.29 is 0 Å². The van der Waals surface area contributed by atoms with E-state index in [1.807, 2.05) is 0 Å². The van der Waals surface area contributed by atoms with Crippen LogP contribution < -0.4 is 10.9 Å². The van der Waals surface area contributed by atoms with Gasteiger partial charge in [0.25, 0.3) is 5.56 Å². The van der Waals surface area contributed by atoms with Crippen LogP contribution in [0.4, 0.5) is 5.69 Å².